The molecule has 0 saturated carbocycles. The van der Waals surface area contributed by atoms with Crippen LogP contribution in [0, 0.1) is 22.0 Å². The van der Waals surface area contributed by atoms with Crippen molar-refractivity contribution in [2.45, 2.75) is 6.61 Å². The van der Waals surface area contributed by atoms with E-state index in [1.807, 2.05) is 12.1 Å². The average Bonchev–Trinajstić information content (AvgIpc) is 2.97. The SMILES string of the molecule is O=C([O-])COCc1nc2ccccn2c1C#Cc1ccc([N+](=O)[O-])cc1.[Na+]. The van der Waals surface area contributed by atoms with E-state index in [0.717, 1.165) is 0 Å². The molecule has 2 heterocycles. The fraction of sp³-hybridized carbons (Fsp3) is 0.111. The minimum atomic E-state index is -1.31. The number of hydrogen-bond donors (Lipinski definition) is 0. The maximum atomic E-state index is 10.7. The van der Waals surface area contributed by atoms with Crippen molar-refractivity contribution in [2.75, 3.05) is 6.61 Å². The van der Waals surface area contributed by atoms with E-state index < -0.39 is 17.5 Å². The number of rotatable bonds is 5. The number of carboxylic acids is 1. The Bertz CT molecular complexity index is 1030. The first-order valence-corrected chi connectivity index (χ1v) is 7.54. The molecule has 0 unspecified atom stereocenters. The molecule has 0 aliphatic heterocycles. The Hall–Kier alpha value is -2.70. The van der Waals surface area contributed by atoms with Crippen LogP contribution in [0.15, 0.2) is 48.7 Å². The number of carbonyl (C=O) groups is 1. The fourth-order valence-electron chi connectivity index (χ4n) is 2.31. The van der Waals surface area contributed by atoms with Crippen molar-refractivity contribution in [3.8, 4) is 11.8 Å². The number of nitro groups is 1. The van der Waals surface area contributed by atoms with Crippen LogP contribution in [0.2, 0.25) is 0 Å². The van der Waals surface area contributed by atoms with Crippen LogP contribution in [-0.4, -0.2) is 26.9 Å². The Labute approximate surface area is 176 Å². The van der Waals surface area contributed by atoms with Crippen molar-refractivity contribution >= 4 is 17.3 Å². The molecule has 0 saturated heterocycles. The van der Waals surface area contributed by atoms with Crippen LogP contribution in [0.5, 0.6) is 0 Å². The van der Waals surface area contributed by atoms with Gasteiger partial charge in [0.15, 0.2) is 0 Å². The van der Waals surface area contributed by atoms with Crippen LogP contribution in [0.4, 0.5) is 5.69 Å². The summed E-state index contributed by atoms with van der Waals surface area (Å²) in [6, 6.07) is 11.3. The molecule has 0 amide bonds. The number of hydrogen-bond acceptors (Lipinski definition) is 6. The van der Waals surface area contributed by atoms with Crippen LogP contribution >= 0.6 is 0 Å². The normalized spacial score (nSPS) is 9.93. The molecule has 8 nitrogen and oxygen atoms in total. The smallest absolute Gasteiger partial charge is 0.548 e. The Kier molecular flexibility index (Phi) is 7.10. The quantitative estimate of drug-likeness (QED) is 0.220. The molecule has 3 rings (SSSR count). The standard InChI is InChI=1S/C18H13N3O5.Na/c22-18(23)12-26-11-15-16(20-10-2-1-3-17(20)19-15)9-6-13-4-7-14(8-5-13)21(24)25;/h1-5,7-8,10H,11-12H2,(H,22,23);/q;+1/p-1. The van der Waals surface area contributed by atoms with Gasteiger partial charge in [-0.05, 0) is 30.2 Å². The van der Waals surface area contributed by atoms with Crippen molar-refractivity contribution in [1.29, 1.82) is 0 Å². The van der Waals surface area contributed by atoms with E-state index in [1.165, 1.54) is 12.1 Å². The maximum Gasteiger partial charge on any atom is 1.00 e. The fourth-order valence-corrected chi connectivity index (χ4v) is 2.31. The van der Waals surface area contributed by atoms with E-state index in [0.29, 0.717) is 22.6 Å². The summed E-state index contributed by atoms with van der Waals surface area (Å²) in [6.07, 6.45) is 1.78. The third kappa shape index (κ3) is 5.15. The van der Waals surface area contributed by atoms with Gasteiger partial charge in [0.05, 0.1) is 24.1 Å². The van der Waals surface area contributed by atoms with Crippen LogP contribution < -0.4 is 34.7 Å². The number of nitrogens with zero attached hydrogens (tertiary/aromatic N) is 3. The molecule has 0 spiro atoms. The van der Waals surface area contributed by atoms with Crippen LogP contribution in [0.1, 0.15) is 17.0 Å². The monoisotopic (exact) mass is 373 g/mol. The number of non-ortho nitro benzene ring substituents is 1. The molecule has 0 aliphatic rings. The van der Waals surface area contributed by atoms with Gasteiger partial charge in [0, 0.05) is 23.9 Å². The van der Waals surface area contributed by atoms with Gasteiger partial charge in [0.2, 0.25) is 0 Å². The van der Waals surface area contributed by atoms with Crippen molar-refractivity contribution in [3.05, 3.63) is 75.7 Å². The van der Waals surface area contributed by atoms with Crippen molar-refractivity contribution in [2.24, 2.45) is 0 Å². The Morgan fingerprint density at radius 1 is 1.19 bits per heavy atom. The number of imidazole rings is 1. The van der Waals surface area contributed by atoms with Gasteiger partial charge in [-0.3, -0.25) is 14.5 Å². The maximum absolute atomic E-state index is 10.7. The van der Waals surface area contributed by atoms with E-state index in [2.05, 4.69) is 16.8 Å². The zero-order valence-corrected chi connectivity index (χ0v) is 16.4. The third-order valence-corrected chi connectivity index (χ3v) is 3.46. The van der Waals surface area contributed by atoms with Crippen LogP contribution in [-0.2, 0) is 16.1 Å². The predicted octanol–water partition coefficient (Wildman–Crippen LogP) is -2.09. The van der Waals surface area contributed by atoms with E-state index in [1.54, 1.807) is 28.8 Å². The molecule has 130 valence electrons. The summed E-state index contributed by atoms with van der Waals surface area (Å²) in [5, 5.41) is 21.2. The van der Waals surface area contributed by atoms with Crippen molar-refractivity contribution in [3.63, 3.8) is 0 Å². The third-order valence-electron chi connectivity index (χ3n) is 3.46. The van der Waals surface area contributed by atoms with Crippen LogP contribution in [0.3, 0.4) is 0 Å². The number of fused-ring (bicyclic) bond motifs is 1. The van der Waals surface area contributed by atoms with Crippen molar-refractivity contribution in [1.82, 2.24) is 9.38 Å². The second kappa shape index (κ2) is 9.30. The molecular formula is C18H12N3NaO5. The molecule has 0 fully saturated rings. The molecule has 0 bridgehead atoms. The summed E-state index contributed by atoms with van der Waals surface area (Å²) in [5.41, 5.74) is 2.28. The second-order valence-electron chi connectivity index (χ2n) is 5.25. The average molecular weight is 373 g/mol. The van der Waals surface area contributed by atoms with E-state index in [4.69, 9.17) is 4.74 Å². The summed E-state index contributed by atoms with van der Waals surface area (Å²) in [7, 11) is 0. The predicted molar refractivity (Wildman–Crippen MR) is 88.9 cm³/mol. The van der Waals surface area contributed by atoms with Gasteiger partial charge >= 0.3 is 29.6 Å². The summed E-state index contributed by atoms with van der Waals surface area (Å²) in [4.78, 5) is 25.1. The largest absolute Gasteiger partial charge is 1.00 e. The van der Waals surface area contributed by atoms with E-state index in [-0.39, 0.29) is 41.9 Å². The number of aliphatic carboxylic acids is 1. The summed E-state index contributed by atoms with van der Waals surface area (Å²) in [5.74, 6) is 4.59. The van der Waals surface area contributed by atoms with Gasteiger partial charge in [-0.1, -0.05) is 12.0 Å². The zero-order chi connectivity index (χ0) is 18.5. The van der Waals surface area contributed by atoms with Gasteiger partial charge in [-0.2, -0.15) is 0 Å². The summed E-state index contributed by atoms with van der Waals surface area (Å²) < 4.78 is 6.82. The molecule has 2 aromatic heterocycles. The zero-order valence-electron chi connectivity index (χ0n) is 14.4. The number of ether oxygens (including phenoxy) is 1. The minimum absolute atomic E-state index is 0. The Morgan fingerprint density at radius 2 is 1.93 bits per heavy atom. The number of pyridine rings is 1. The molecule has 0 radical (unpaired) electrons. The van der Waals surface area contributed by atoms with Gasteiger partial charge in [0.1, 0.15) is 17.0 Å². The molecule has 1 aromatic carbocycles. The number of aromatic nitrogens is 2. The summed E-state index contributed by atoms with van der Waals surface area (Å²) >= 11 is 0. The first kappa shape index (κ1) is 20.6. The van der Waals surface area contributed by atoms with Gasteiger partial charge in [0.25, 0.3) is 5.69 Å². The second-order valence-corrected chi connectivity index (χ2v) is 5.25. The molecular weight excluding hydrogens is 361 g/mol. The van der Waals surface area contributed by atoms with Gasteiger partial charge in [-0.25, -0.2) is 4.98 Å². The van der Waals surface area contributed by atoms with Gasteiger partial charge < -0.3 is 14.6 Å². The molecule has 0 N–H and O–H groups in total. The number of carboxylic acid groups (broad SMARTS) is 1. The van der Waals surface area contributed by atoms with E-state index in [9.17, 15) is 20.0 Å². The molecule has 0 aliphatic carbocycles. The van der Waals surface area contributed by atoms with E-state index >= 15 is 0 Å². The number of nitro benzene ring substituents is 1. The van der Waals surface area contributed by atoms with Crippen LogP contribution in [0.25, 0.3) is 5.65 Å². The summed E-state index contributed by atoms with van der Waals surface area (Å²) in [6.45, 7) is -0.566. The minimum Gasteiger partial charge on any atom is -0.548 e. The Balaban J connectivity index is 0.00000261. The Morgan fingerprint density at radius 3 is 2.59 bits per heavy atom. The number of carbonyl (C=O) groups excluding carboxylic acids is 1. The molecule has 0 atom stereocenters. The first-order valence-electron chi connectivity index (χ1n) is 7.54. The topological polar surface area (TPSA) is 110 Å². The first-order chi connectivity index (χ1) is 12.5. The van der Waals surface area contributed by atoms with Gasteiger partial charge in [-0.15, -0.1) is 0 Å². The molecule has 27 heavy (non-hydrogen) atoms. The number of benzene rings is 1. The molecule has 3 aromatic rings. The molecule has 9 heteroatoms. The van der Waals surface area contributed by atoms with Crippen molar-refractivity contribution < 1.29 is 49.1 Å².